The summed E-state index contributed by atoms with van der Waals surface area (Å²) in [5.74, 6) is -0.0866. The van der Waals surface area contributed by atoms with E-state index in [4.69, 9.17) is 11.6 Å². The number of rotatable bonds is 4. The molecule has 0 spiro atoms. The maximum absolute atomic E-state index is 12.9. The van der Waals surface area contributed by atoms with Crippen LogP contribution in [0.3, 0.4) is 0 Å². The highest BCUT2D eigenvalue weighted by Gasteiger charge is 2.06. The molecule has 0 unspecified atom stereocenters. The zero-order valence-electron chi connectivity index (χ0n) is 11.9. The largest absolute Gasteiger partial charge is 0.324 e. The number of aromatic amines is 1. The number of nitrogens with zero attached hydrogens (tertiary/aromatic N) is 2. The first-order valence-electron chi connectivity index (χ1n) is 6.83. The molecule has 0 saturated carbocycles. The van der Waals surface area contributed by atoms with Crippen molar-refractivity contribution < 1.29 is 4.39 Å². The first-order chi connectivity index (χ1) is 11.1. The molecule has 0 aliphatic heterocycles. The van der Waals surface area contributed by atoms with Crippen LogP contribution >= 0.6 is 11.6 Å². The van der Waals surface area contributed by atoms with Crippen molar-refractivity contribution in [2.45, 2.75) is 6.42 Å². The molecule has 1 heterocycles. The normalized spacial score (nSPS) is 10.5. The monoisotopic (exact) mass is 330 g/mol. The maximum Gasteiger partial charge on any atom is 0.274 e. The number of aromatic nitrogens is 3. The van der Waals surface area contributed by atoms with Crippen LogP contribution < -0.4 is 10.9 Å². The fourth-order valence-electron chi connectivity index (χ4n) is 2.00. The summed E-state index contributed by atoms with van der Waals surface area (Å²) in [6.07, 6.45) is 0.282. The predicted octanol–water partition coefficient (Wildman–Crippen LogP) is 3.29. The van der Waals surface area contributed by atoms with E-state index in [0.717, 1.165) is 11.3 Å². The second-order valence-electron chi connectivity index (χ2n) is 4.88. The number of hydrogen-bond donors (Lipinski definition) is 2. The van der Waals surface area contributed by atoms with Crippen molar-refractivity contribution in [1.29, 1.82) is 0 Å². The summed E-state index contributed by atoms with van der Waals surface area (Å²) in [7, 11) is 0. The molecule has 23 heavy (non-hydrogen) atoms. The van der Waals surface area contributed by atoms with Gasteiger partial charge in [-0.15, -0.1) is 10.2 Å². The Labute approximate surface area is 136 Å². The summed E-state index contributed by atoms with van der Waals surface area (Å²) in [4.78, 5) is 14.7. The number of anilines is 2. The van der Waals surface area contributed by atoms with Crippen LogP contribution in [0.1, 0.15) is 11.3 Å². The average molecular weight is 331 g/mol. The third-order valence-corrected chi connectivity index (χ3v) is 3.41. The lowest BCUT2D eigenvalue weighted by molar-refractivity contribution is 0.627. The number of nitrogens with one attached hydrogen (secondary N) is 2. The minimum absolute atomic E-state index is 0.236. The van der Waals surface area contributed by atoms with E-state index in [9.17, 15) is 9.18 Å². The zero-order valence-corrected chi connectivity index (χ0v) is 12.6. The minimum atomic E-state index is -0.346. The molecule has 7 heteroatoms. The molecule has 5 nitrogen and oxygen atoms in total. The van der Waals surface area contributed by atoms with E-state index in [-0.39, 0.29) is 29.4 Å². The van der Waals surface area contributed by atoms with Gasteiger partial charge in [0.2, 0.25) is 5.95 Å². The molecule has 0 aliphatic carbocycles. The van der Waals surface area contributed by atoms with Gasteiger partial charge >= 0.3 is 0 Å². The molecule has 3 rings (SSSR count). The van der Waals surface area contributed by atoms with Gasteiger partial charge < -0.3 is 5.32 Å². The van der Waals surface area contributed by atoms with Crippen molar-refractivity contribution in [1.82, 2.24) is 15.2 Å². The summed E-state index contributed by atoms with van der Waals surface area (Å²) in [6.45, 7) is 0. The van der Waals surface area contributed by atoms with Gasteiger partial charge in [0.15, 0.2) is 0 Å². The average Bonchev–Trinajstić information content (AvgIpc) is 2.54. The van der Waals surface area contributed by atoms with Gasteiger partial charge in [-0.05, 0) is 42.0 Å². The molecule has 2 aromatic carbocycles. The van der Waals surface area contributed by atoms with Gasteiger partial charge in [-0.25, -0.2) is 4.39 Å². The van der Waals surface area contributed by atoms with Crippen LogP contribution in [0.25, 0.3) is 0 Å². The summed E-state index contributed by atoms with van der Waals surface area (Å²) in [5, 5.41) is 11.4. The lowest BCUT2D eigenvalue weighted by Gasteiger charge is -2.05. The van der Waals surface area contributed by atoms with E-state index >= 15 is 0 Å². The Morgan fingerprint density at radius 1 is 1.04 bits per heavy atom. The molecular formula is C16H12ClFN4O. The van der Waals surface area contributed by atoms with Crippen LogP contribution in [0.4, 0.5) is 16.0 Å². The van der Waals surface area contributed by atoms with Gasteiger partial charge in [0, 0.05) is 17.1 Å². The summed E-state index contributed by atoms with van der Waals surface area (Å²) < 4.78 is 12.9. The summed E-state index contributed by atoms with van der Waals surface area (Å²) in [6, 6.07) is 12.9. The first-order valence-corrected chi connectivity index (χ1v) is 7.21. The Balaban J connectivity index is 1.76. The van der Waals surface area contributed by atoms with Gasteiger partial charge in [0.1, 0.15) is 11.5 Å². The Morgan fingerprint density at radius 3 is 2.39 bits per heavy atom. The van der Waals surface area contributed by atoms with E-state index in [1.807, 2.05) is 0 Å². The molecule has 0 aliphatic rings. The van der Waals surface area contributed by atoms with Crippen LogP contribution in [-0.4, -0.2) is 15.2 Å². The van der Waals surface area contributed by atoms with E-state index < -0.39 is 0 Å². The Hall–Kier alpha value is -2.73. The van der Waals surface area contributed by atoms with Crippen molar-refractivity contribution in [2.75, 3.05) is 5.32 Å². The Kier molecular flexibility index (Phi) is 4.34. The van der Waals surface area contributed by atoms with E-state index in [0.29, 0.717) is 5.02 Å². The van der Waals surface area contributed by atoms with E-state index in [1.165, 1.54) is 12.1 Å². The molecule has 0 radical (unpaired) electrons. The van der Waals surface area contributed by atoms with Crippen molar-refractivity contribution in [3.05, 3.63) is 81.0 Å². The summed E-state index contributed by atoms with van der Waals surface area (Å²) in [5.41, 5.74) is 1.43. The molecule has 1 aromatic heterocycles. The second kappa shape index (κ2) is 6.58. The molecule has 0 bridgehead atoms. The highest BCUT2D eigenvalue weighted by atomic mass is 35.5. The molecule has 0 atom stereocenters. The van der Waals surface area contributed by atoms with Crippen molar-refractivity contribution in [3.8, 4) is 0 Å². The molecular weight excluding hydrogens is 319 g/mol. The second-order valence-corrected chi connectivity index (χ2v) is 5.32. The van der Waals surface area contributed by atoms with Crippen molar-refractivity contribution >= 4 is 23.2 Å². The fourth-order valence-corrected chi connectivity index (χ4v) is 2.12. The van der Waals surface area contributed by atoms with Gasteiger partial charge in [-0.2, -0.15) is 0 Å². The number of benzene rings is 2. The van der Waals surface area contributed by atoms with Crippen LogP contribution in [-0.2, 0) is 6.42 Å². The third-order valence-electron chi connectivity index (χ3n) is 3.16. The topological polar surface area (TPSA) is 70.7 Å². The van der Waals surface area contributed by atoms with Crippen molar-refractivity contribution in [2.24, 2.45) is 0 Å². The zero-order chi connectivity index (χ0) is 16.2. The first kappa shape index (κ1) is 15.2. The van der Waals surface area contributed by atoms with E-state index in [1.54, 1.807) is 36.4 Å². The lowest BCUT2D eigenvalue weighted by Crippen LogP contribution is -2.18. The molecule has 0 fully saturated rings. The number of H-pyrrole nitrogens is 1. The molecule has 0 amide bonds. The number of hydrogen-bond acceptors (Lipinski definition) is 4. The Bertz CT molecular complexity index is 862. The summed E-state index contributed by atoms with van der Waals surface area (Å²) >= 11 is 5.81. The van der Waals surface area contributed by atoms with Crippen LogP contribution in [0, 0.1) is 5.82 Å². The predicted molar refractivity (Wildman–Crippen MR) is 86.6 cm³/mol. The Morgan fingerprint density at radius 2 is 1.74 bits per heavy atom. The lowest BCUT2D eigenvalue weighted by atomic mass is 10.1. The SMILES string of the molecule is O=c1[nH]c(Nc2ccc(Cl)cc2)nnc1Cc1ccc(F)cc1. The molecule has 0 saturated heterocycles. The molecule has 116 valence electrons. The highest BCUT2D eigenvalue weighted by molar-refractivity contribution is 6.30. The minimum Gasteiger partial charge on any atom is -0.324 e. The van der Waals surface area contributed by atoms with Gasteiger partial charge in [0.05, 0.1) is 0 Å². The van der Waals surface area contributed by atoms with Crippen LogP contribution in [0.5, 0.6) is 0 Å². The standard InChI is InChI=1S/C16H12ClFN4O/c17-11-3-7-13(8-4-11)19-16-20-15(23)14(21-22-16)9-10-1-5-12(18)6-2-10/h1-8H,9H2,(H2,19,20,22,23). The van der Waals surface area contributed by atoms with E-state index in [2.05, 4.69) is 20.5 Å². The smallest absolute Gasteiger partial charge is 0.274 e. The third kappa shape index (κ3) is 3.92. The highest BCUT2D eigenvalue weighted by Crippen LogP contribution is 2.15. The quantitative estimate of drug-likeness (QED) is 0.770. The van der Waals surface area contributed by atoms with Crippen molar-refractivity contribution in [3.63, 3.8) is 0 Å². The van der Waals surface area contributed by atoms with Crippen LogP contribution in [0.15, 0.2) is 53.3 Å². The molecule has 2 N–H and O–H groups in total. The van der Waals surface area contributed by atoms with Gasteiger partial charge in [-0.3, -0.25) is 9.78 Å². The van der Waals surface area contributed by atoms with Crippen LogP contribution in [0.2, 0.25) is 5.02 Å². The number of halogens is 2. The van der Waals surface area contributed by atoms with Gasteiger partial charge in [0.25, 0.3) is 5.56 Å². The fraction of sp³-hybridized carbons (Fsp3) is 0.0625. The van der Waals surface area contributed by atoms with Gasteiger partial charge in [-0.1, -0.05) is 23.7 Å². The molecule has 3 aromatic rings. The maximum atomic E-state index is 12.9.